The second kappa shape index (κ2) is 33.6. The number of carbonyl (C=O) groups is 4. The molecule has 0 bridgehead atoms. The summed E-state index contributed by atoms with van der Waals surface area (Å²) >= 11 is 40.5. The first-order valence-electron chi connectivity index (χ1n) is 29.8. The number of primary amides is 1. The molecule has 3 saturated heterocycles. The van der Waals surface area contributed by atoms with Crippen molar-refractivity contribution in [2.75, 3.05) is 35.2 Å². The van der Waals surface area contributed by atoms with E-state index in [9.17, 15) is 39.4 Å². The second-order valence-corrected chi connectivity index (χ2v) is 25.6. The number of amides is 4. The molecule has 12 rings (SSSR count). The maximum atomic E-state index is 12.7. The molecule has 4 amide bonds. The fraction of sp³-hybridized carbons (Fsp3) is 0.125. The van der Waals surface area contributed by atoms with Crippen LogP contribution >= 0.6 is 85.5 Å². The smallest absolute Gasteiger partial charge is 0.289 e. The molecule has 5 N–H and O–H groups in total. The molecule has 3 fully saturated rings. The van der Waals surface area contributed by atoms with Crippen molar-refractivity contribution in [2.24, 2.45) is 5.73 Å². The molecule has 3 heterocycles. The average molecular weight is 1550 g/mol. The lowest BCUT2D eigenvalue weighted by molar-refractivity contribution is -0.385. The highest BCUT2D eigenvalue weighted by Gasteiger charge is 2.35. The van der Waals surface area contributed by atoms with E-state index >= 15 is 0 Å². The minimum Gasteiger partial charge on any atom is -0.465 e. The Morgan fingerprint density at radius 1 is 0.539 bits per heavy atom. The van der Waals surface area contributed by atoms with Crippen LogP contribution in [-0.4, -0.2) is 53.1 Å². The number of nitriles is 2. The van der Waals surface area contributed by atoms with Gasteiger partial charge >= 0.3 is 0 Å². The van der Waals surface area contributed by atoms with Gasteiger partial charge < -0.3 is 40.8 Å². The zero-order chi connectivity index (χ0) is 73.6. The van der Waals surface area contributed by atoms with E-state index in [1.54, 1.807) is 132 Å². The van der Waals surface area contributed by atoms with E-state index in [1.165, 1.54) is 41.3 Å². The summed E-state index contributed by atoms with van der Waals surface area (Å²) in [6, 6.07) is 47.2. The Morgan fingerprint density at radius 3 is 1.30 bits per heavy atom. The van der Waals surface area contributed by atoms with Gasteiger partial charge in [0.25, 0.3) is 17.3 Å². The SMILES string of the molecule is N#Cc1ccc(Br)cc1[N+](=O)[O-].[C-]#[N+]c1cccc(Cl)c1Oc1cc([C@@H]2CNC(=O)C2)ccc1Cl.[C-]#[N+]c1cccc(Cl)c1Oc1cc([C@H]2CC(=O)N(c3ccc(C#N)c([N+](=O)[O-])c3)C2)ccc1Cl.[C-]#[N+]c1cccc(Cl)c1Oc1cc([C@H]2CC(=O)N(c3ccc(C(N)=O)c(N)c3)C2)ccc1Cl. The highest BCUT2D eigenvalue weighted by Crippen LogP contribution is 2.46. The van der Waals surface area contributed by atoms with Crippen LogP contribution in [0.1, 0.15) is 75.2 Å². The number of para-hydroxylation sites is 3. The van der Waals surface area contributed by atoms with Gasteiger partial charge in [-0.1, -0.05) is 140 Å². The summed E-state index contributed by atoms with van der Waals surface area (Å²) in [5, 5.41) is 44.0. The minimum atomic E-state index is -0.644. The lowest BCUT2D eigenvalue weighted by atomic mass is 9.98. The van der Waals surface area contributed by atoms with Gasteiger partial charge in [-0.05, 0) is 114 Å². The van der Waals surface area contributed by atoms with Gasteiger partial charge in [0, 0.05) is 84.6 Å². The van der Waals surface area contributed by atoms with E-state index in [2.05, 4.69) is 35.8 Å². The van der Waals surface area contributed by atoms with Gasteiger partial charge in [0.2, 0.25) is 34.8 Å². The Kier molecular flexibility index (Phi) is 24.6. The standard InChI is InChI=1S/C24H14Cl2N4O4.C24H18Cl2N4O3.C17H12Cl2N2O2.C7H3BrN2O2/c1-28-20-4-2-3-19(26)24(20)34-22-9-14(6-8-18(22)25)16-10-23(31)29(13-16)17-7-5-15(12-27)21(11-17)30(32)33;1-29-20-4-2-3-18(26)23(20)33-21-9-13(5-8-17(21)25)14-10-22(31)30(12-14)15-6-7-16(24(28)32)19(27)11-15;1-20-14-4-2-3-13(19)17(14)23-15-7-10(5-6-12(15)18)11-8-16(22)21-9-11;8-6-2-1-5(4-9)7(3-6)10(11)12/h2-9,11,16H,10,13H2;2-9,11,14H,10,12,27H2,(H2,28,32);2-7,11H,8-9H2,(H,21,22);1-3H/t16-;14-;11-;/m000./s1. The number of hydrogen-bond acceptors (Lipinski definition) is 14. The van der Waals surface area contributed by atoms with Crippen molar-refractivity contribution in [2.45, 2.75) is 37.0 Å². The zero-order valence-corrected chi connectivity index (χ0v) is 58.5. The number of nitro groups is 2. The summed E-state index contributed by atoms with van der Waals surface area (Å²) in [6.07, 6.45) is 0.896. The number of rotatable bonds is 14. The predicted octanol–water partition coefficient (Wildman–Crippen LogP) is 19.3. The van der Waals surface area contributed by atoms with Crippen molar-refractivity contribution < 1.29 is 43.2 Å². The topological polar surface area (TPSA) is 313 Å². The third kappa shape index (κ3) is 17.7. The summed E-state index contributed by atoms with van der Waals surface area (Å²) in [4.78, 5) is 82.1. The fourth-order valence-electron chi connectivity index (χ4n) is 10.8. The molecular weight excluding hydrogens is 1500 g/mol. The lowest BCUT2D eigenvalue weighted by Crippen LogP contribution is -2.24. The van der Waals surface area contributed by atoms with Crippen molar-refractivity contribution >= 4 is 155 Å². The Balaban J connectivity index is 0.000000167. The van der Waals surface area contributed by atoms with Crippen LogP contribution in [0.2, 0.25) is 30.1 Å². The van der Waals surface area contributed by atoms with E-state index in [0.29, 0.717) is 77.7 Å². The molecule has 0 saturated carbocycles. The molecular formula is C72H47BrCl6N12O11. The van der Waals surface area contributed by atoms with Gasteiger partial charge in [-0.15, -0.1) is 0 Å². The fourth-order valence-corrected chi connectivity index (χ4v) is 12.2. The Hall–Kier alpha value is -11.5. The highest BCUT2D eigenvalue weighted by atomic mass is 79.9. The maximum absolute atomic E-state index is 12.7. The summed E-state index contributed by atoms with van der Waals surface area (Å²) < 4.78 is 18.2. The number of benzene rings is 9. The largest absolute Gasteiger partial charge is 0.465 e. The van der Waals surface area contributed by atoms with Crippen molar-refractivity contribution in [1.29, 1.82) is 10.5 Å². The van der Waals surface area contributed by atoms with Crippen LogP contribution in [0.15, 0.2) is 168 Å². The maximum Gasteiger partial charge on any atom is 0.289 e. The molecule has 3 aliphatic heterocycles. The van der Waals surface area contributed by atoms with Crippen molar-refractivity contribution in [1.82, 2.24) is 5.32 Å². The van der Waals surface area contributed by atoms with Crippen LogP contribution in [0.3, 0.4) is 0 Å². The van der Waals surface area contributed by atoms with Crippen LogP contribution in [0, 0.1) is 62.6 Å². The summed E-state index contributed by atoms with van der Waals surface area (Å²) in [7, 11) is 0. The molecule has 0 aliphatic carbocycles. The number of nitrogen functional groups attached to an aromatic ring is 1. The number of nitrogens with zero attached hydrogens (tertiary/aromatic N) is 9. The Bertz CT molecular complexity index is 5110. The number of halogens is 7. The highest BCUT2D eigenvalue weighted by molar-refractivity contribution is 9.10. The number of carbonyl (C=O) groups excluding carboxylic acids is 4. The van der Waals surface area contributed by atoms with Crippen LogP contribution in [-0.2, 0) is 14.4 Å². The van der Waals surface area contributed by atoms with E-state index in [4.69, 9.17) is 126 Å². The van der Waals surface area contributed by atoms with Crippen LogP contribution < -0.4 is 40.8 Å². The van der Waals surface area contributed by atoms with Gasteiger partial charge in [-0.3, -0.25) is 39.4 Å². The molecule has 3 atom stereocenters. The van der Waals surface area contributed by atoms with Gasteiger partial charge in [0.05, 0.1) is 70.9 Å². The summed E-state index contributed by atoms with van der Waals surface area (Å²) in [6.45, 7) is 23.2. The predicted molar refractivity (Wildman–Crippen MR) is 390 cm³/mol. The number of nitrogens with two attached hydrogens (primary N) is 2. The molecule has 9 aromatic carbocycles. The van der Waals surface area contributed by atoms with Gasteiger partial charge in [-0.2, -0.15) is 10.5 Å². The van der Waals surface area contributed by atoms with E-state index in [1.807, 2.05) is 12.1 Å². The summed E-state index contributed by atoms with van der Waals surface area (Å²) in [5.74, 6) is 0.605. The first-order valence-corrected chi connectivity index (χ1v) is 32.9. The summed E-state index contributed by atoms with van der Waals surface area (Å²) in [5.41, 5.74) is 15.5. The van der Waals surface area contributed by atoms with Crippen LogP contribution in [0.4, 0.5) is 45.5 Å². The molecule has 0 radical (unpaired) electrons. The molecule has 0 spiro atoms. The van der Waals surface area contributed by atoms with Crippen molar-refractivity contribution in [3.05, 3.63) is 286 Å². The number of hydrogen-bond donors (Lipinski definition) is 3. The number of anilines is 3. The van der Waals surface area contributed by atoms with E-state index < -0.39 is 15.8 Å². The lowest BCUT2D eigenvalue weighted by Gasteiger charge is -2.19. The molecule has 9 aromatic rings. The normalized spacial score (nSPS) is 14.8. The van der Waals surface area contributed by atoms with Crippen molar-refractivity contribution in [3.8, 4) is 46.6 Å². The first-order chi connectivity index (χ1) is 48.8. The minimum absolute atomic E-state index is 0.0359. The van der Waals surface area contributed by atoms with Gasteiger partial charge in [0.15, 0.2) is 17.2 Å². The Morgan fingerprint density at radius 2 is 0.931 bits per heavy atom. The van der Waals surface area contributed by atoms with Crippen LogP contribution in [0.25, 0.3) is 14.5 Å². The second-order valence-electron chi connectivity index (χ2n) is 22.2. The third-order valence-corrected chi connectivity index (χ3v) is 18.2. The molecule has 102 heavy (non-hydrogen) atoms. The number of nitro benzene ring substituents is 2. The monoisotopic (exact) mass is 1540 g/mol. The molecule has 3 aliphatic rings. The quantitative estimate of drug-likeness (QED) is 0.0395. The van der Waals surface area contributed by atoms with Gasteiger partial charge in [-0.25, -0.2) is 14.5 Å². The molecule has 23 nitrogen and oxygen atoms in total. The van der Waals surface area contributed by atoms with Gasteiger partial charge in [0.1, 0.15) is 40.5 Å². The molecule has 0 unspecified atom stereocenters. The van der Waals surface area contributed by atoms with E-state index in [0.717, 1.165) is 16.7 Å². The molecule has 510 valence electrons. The number of nitrogens with one attached hydrogen (secondary N) is 1. The van der Waals surface area contributed by atoms with E-state index in [-0.39, 0.29) is 128 Å². The average Bonchev–Trinajstić information content (AvgIpc) is 1.62. The number of ether oxygens (including phenoxy) is 3. The molecule has 30 heteroatoms. The third-order valence-electron chi connectivity index (χ3n) is 15.8. The Labute approximate surface area is 620 Å². The van der Waals surface area contributed by atoms with Crippen LogP contribution in [0.5, 0.6) is 34.5 Å². The van der Waals surface area contributed by atoms with Crippen molar-refractivity contribution in [3.63, 3.8) is 0 Å². The first kappa shape index (κ1) is 74.7. The zero-order valence-electron chi connectivity index (χ0n) is 52.4. The molecule has 0 aromatic heterocycles.